The summed E-state index contributed by atoms with van der Waals surface area (Å²) in [5.74, 6) is 0. The SMILES string of the molecule is C=CNC(C)/C=C\c1ccc(CCc2c(C)cccc2C)cc1. The molecule has 120 valence electrons. The van der Waals surface area contributed by atoms with Crippen LogP contribution in [0.3, 0.4) is 0 Å². The molecule has 0 saturated heterocycles. The van der Waals surface area contributed by atoms with Crippen LogP contribution in [0.15, 0.2) is 61.3 Å². The molecule has 0 aliphatic heterocycles. The van der Waals surface area contributed by atoms with Gasteiger partial charge < -0.3 is 5.32 Å². The largest absolute Gasteiger partial charge is 0.385 e. The summed E-state index contributed by atoms with van der Waals surface area (Å²) in [6.07, 6.45) is 8.22. The average Bonchev–Trinajstić information content (AvgIpc) is 2.54. The van der Waals surface area contributed by atoms with Crippen LogP contribution in [-0.4, -0.2) is 6.04 Å². The van der Waals surface area contributed by atoms with Crippen molar-refractivity contribution in [2.75, 3.05) is 0 Å². The van der Waals surface area contributed by atoms with Crippen molar-refractivity contribution in [2.45, 2.75) is 39.7 Å². The molecule has 1 N–H and O–H groups in total. The second-order valence-electron chi connectivity index (χ2n) is 6.13. The molecule has 1 heteroatoms. The van der Waals surface area contributed by atoms with Gasteiger partial charge in [0.25, 0.3) is 0 Å². The molecular weight excluding hydrogens is 278 g/mol. The van der Waals surface area contributed by atoms with Crippen molar-refractivity contribution in [3.05, 3.63) is 89.1 Å². The number of benzene rings is 2. The minimum atomic E-state index is 0.302. The van der Waals surface area contributed by atoms with E-state index in [0.717, 1.165) is 12.8 Å². The van der Waals surface area contributed by atoms with E-state index in [-0.39, 0.29) is 0 Å². The highest BCUT2D eigenvalue weighted by Crippen LogP contribution is 2.17. The van der Waals surface area contributed by atoms with Crippen LogP contribution < -0.4 is 5.32 Å². The third kappa shape index (κ3) is 5.14. The zero-order valence-corrected chi connectivity index (χ0v) is 14.5. The first-order valence-electron chi connectivity index (χ1n) is 8.29. The van der Waals surface area contributed by atoms with Gasteiger partial charge in [0.2, 0.25) is 0 Å². The van der Waals surface area contributed by atoms with Crippen LogP contribution in [-0.2, 0) is 12.8 Å². The number of aryl methyl sites for hydroxylation is 3. The summed E-state index contributed by atoms with van der Waals surface area (Å²) in [4.78, 5) is 0. The molecule has 0 aromatic heterocycles. The molecule has 1 nitrogen and oxygen atoms in total. The minimum absolute atomic E-state index is 0.302. The van der Waals surface area contributed by atoms with E-state index in [1.807, 2.05) is 0 Å². The molecule has 0 spiro atoms. The maximum Gasteiger partial charge on any atom is 0.0413 e. The fourth-order valence-corrected chi connectivity index (χ4v) is 2.80. The summed E-state index contributed by atoms with van der Waals surface area (Å²) in [5.41, 5.74) is 6.91. The Balaban J connectivity index is 1.96. The van der Waals surface area contributed by atoms with Crippen molar-refractivity contribution in [3.63, 3.8) is 0 Å². The number of hydrogen-bond acceptors (Lipinski definition) is 1. The van der Waals surface area contributed by atoms with Gasteiger partial charge in [0.1, 0.15) is 0 Å². The van der Waals surface area contributed by atoms with Crippen LogP contribution in [0.25, 0.3) is 6.08 Å². The van der Waals surface area contributed by atoms with E-state index in [9.17, 15) is 0 Å². The van der Waals surface area contributed by atoms with Crippen molar-refractivity contribution in [2.24, 2.45) is 0 Å². The fourth-order valence-electron chi connectivity index (χ4n) is 2.80. The molecule has 1 atom stereocenters. The Morgan fingerprint density at radius 1 is 1.00 bits per heavy atom. The van der Waals surface area contributed by atoms with Crippen molar-refractivity contribution in [1.82, 2.24) is 5.32 Å². The number of hydrogen-bond donors (Lipinski definition) is 1. The lowest BCUT2D eigenvalue weighted by atomic mass is 9.96. The van der Waals surface area contributed by atoms with Crippen LogP contribution in [0.1, 0.15) is 34.7 Å². The third-order valence-electron chi connectivity index (χ3n) is 4.25. The van der Waals surface area contributed by atoms with Crippen molar-refractivity contribution < 1.29 is 0 Å². The molecule has 0 fully saturated rings. The van der Waals surface area contributed by atoms with Gasteiger partial charge in [-0.05, 0) is 67.6 Å². The molecular formula is C22H27N. The van der Waals surface area contributed by atoms with Gasteiger partial charge in [-0.15, -0.1) is 0 Å². The molecule has 0 bridgehead atoms. The number of rotatable bonds is 7. The maximum atomic E-state index is 3.68. The highest BCUT2D eigenvalue weighted by atomic mass is 14.9. The Hall–Kier alpha value is -2.28. The Bertz CT molecular complexity index is 645. The van der Waals surface area contributed by atoms with Crippen molar-refractivity contribution >= 4 is 6.08 Å². The summed E-state index contributed by atoms with van der Waals surface area (Å²) < 4.78 is 0. The van der Waals surface area contributed by atoms with Gasteiger partial charge in [-0.25, -0.2) is 0 Å². The lowest BCUT2D eigenvalue weighted by Crippen LogP contribution is -2.16. The first kappa shape index (κ1) is 17.1. The van der Waals surface area contributed by atoms with E-state index in [2.05, 4.69) is 87.3 Å². The molecule has 1 unspecified atom stereocenters. The van der Waals surface area contributed by atoms with Crippen LogP contribution in [0.4, 0.5) is 0 Å². The lowest BCUT2D eigenvalue weighted by molar-refractivity contribution is 0.774. The highest BCUT2D eigenvalue weighted by Gasteiger charge is 2.02. The van der Waals surface area contributed by atoms with Crippen molar-refractivity contribution in [3.8, 4) is 0 Å². The maximum absolute atomic E-state index is 3.68. The number of nitrogens with one attached hydrogen (secondary N) is 1. The Morgan fingerprint density at radius 2 is 1.65 bits per heavy atom. The van der Waals surface area contributed by atoms with Gasteiger partial charge in [-0.1, -0.05) is 61.2 Å². The summed E-state index contributed by atoms with van der Waals surface area (Å²) in [6, 6.07) is 15.7. The predicted octanol–water partition coefficient (Wildman–Crippen LogP) is 5.22. The molecule has 23 heavy (non-hydrogen) atoms. The third-order valence-corrected chi connectivity index (χ3v) is 4.25. The fraction of sp³-hybridized carbons (Fsp3) is 0.273. The predicted molar refractivity (Wildman–Crippen MR) is 102 cm³/mol. The van der Waals surface area contributed by atoms with Gasteiger partial charge in [0.05, 0.1) is 0 Å². The van der Waals surface area contributed by atoms with E-state index in [0.29, 0.717) is 6.04 Å². The van der Waals surface area contributed by atoms with Crippen molar-refractivity contribution in [1.29, 1.82) is 0 Å². The molecule has 2 aromatic carbocycles. The summed E-state index contributed by atoms with van der Waals surface area (Å²) >= 11 is 0. The second kappa shape index (κ2) is 8.38. The van der Waals surface area contributed by atoms with E-state index < -0.39 is 0 Å². The monoisotopic (exact) mass is 305 g/mol. The molecule has 0 aliphatic carbocycles. The highest BCUT2D eigenvalue weighted by molar-refractivity contribution is 5.50. The second-order valence-corrected chi connectivity index (χ2v) is 6.13. The molecule has 0 saturated carbocycles. The van der Waals surface area contributed by atoms with E-state index in [1.165, 1.54) is 27.8 Å². The first-order chi connectivity index (χ1) is 11.1. The van der Waals surface area contributed by atoms with Gasteiger partial charge in [-0.2, -0.15) is 0 Å². The molecule has 2 aromatic rings. The van der Waals surface area contributed by atoms with Gasteiger partial charge in [0, 0.05) is 6.04 Å². The molecule has 0 amide bonds. The quantitative estimate of drug-likeness (QED) is 0.739. The summed E-state index contributed by atoms with van der Waals surface area (Å²) in [5, 5.41) is 3.15. The van der Waals surface area contributed by atoms with E-state index in [4.69, 9.17) is 0 Å². The van der Waals surface area contributed by atoms with Crippen LogP contribution in [0.2, 0.25) is 0 Å². The standard InChI is InChI=1S/C22H27N/c1-5-23-19(4)9-10-20-11-13-21(14-12-20)15-16-22-17(2)7-6-8-18(22)3/h5-14,19,23H,1,15-16H2,2-4H3/b10-9-. The molecule has 0 aliphatic rings. The van der Waals surface area contributed by atoms with Gasteiger partial charge >= 0.3 is 0 Å². The van der Waals surface area contributed by atoms with Crippen LogP contribution in [0, 0.1) is 13.8 Å². The Kier molecular flexibility index (Phi) is 6.22. The minimum Gasteiger partial charge on any atom is -0.385 e. The Labute approximate surface area is 140 Å². The lowest BCUT2D eigenvalue weighted by Gasteiger charge is -2.10. The van der Waals surface area contributed by atoms with Gasteiger partial charge in [0.15, 0.2) is 0 Å². The van der Waals surface area contributed by atoms with E-state index in [1.54, 1.807) is 6.20 Å². The van der Waals surface area contributed by atoms with E-state index >= 15 is 0 Å². The Morgan fingerprint density at radius 3 is 2.26 bits per heavy atom. The zero-order chi connectivity index (χ0) is 16.7. The summed E-state index contributed by atoms with van der Waals surface area (Å²) in [7, 11) is 0. The van der Waals surface area contributed by atoms with Gasteiger partial charge in [-0.3, -0.25) is 0 Å². The normalized spacial score (nSPS) is 12.3. The first-order valence-corrected chi connectivity index (χ1v) is 8.29. The molecule has 0 heterocycles. The van der Waals surface area contributed by atoms with Crippen LogP contribution >= 0.6 is 0 Å². The topological polar surface area (TPSA) is 12.0 Å². The smallest absolute Gasteiger partial charge is 0.0413 e. The summed E-state index contributed by atoms with van der Waals surface area (Å²) in [6.45, 7) is 10.2. The average molecular weight is 305 g/mol. The molecule has 2 rings (SSSR count). The van der Waals surface area contributed by atoms with Crippen LogP contribution in [0.5, 0.6) is 0 Å². The zero-order valence-electron chi connectivity index (χ0n) is 14.5. The molecule has 0 radical (unpaired) electrons.